The lowest BCUT2D eigenvalue weighted by atomic mass is 9.94. The number of rotatable bonds is 3. The van der Waals surface area contributed by atoms with Crippen LogP contribution in [0.25, 0.3) is 0 Å². The third kappa shape index (κ3) is 3.69. The first-order chi connectivity index (χ1) is 10.6. The Labute approximate surface area is 130 Å². The smallest absolute Gasteiger partial charge is 0.347 e. The molecule has 2 atom stereocenters. The first-order valence-corrected chi connectivity index (χ1v) is 6.96. The molecule has 1 amide bonds. The molecule has 1 aromatic carbocycles. The van der Waals surface area contributed by atoms with Crippen molar-refractivity contribution in [2.45, 2.75) is 18.6 Å². The van der Waals surface area contributed by atoms with Crippen LogP contribution >= 0.6 is 0 Å². The minimum Gasteiger partial charge on any atom is -0.347 e. The zero-order valence-electron chi connectivity index (χ0n) is 12.6. The molecule has 1 N–H and O–H groups in total. The fraction of sp³-hybridized carbons (Fsp3) is 0.467. The topological polar surface area (TPSA) is 49.4 Å². The molecule has 2 rings (SSSR count). The minimum atomic E-state index is -4.67. The normalized spacial score (nSPS) is 21.3. The van der Waals surface area contributed by atoms with Crippen LogP contribution < -0.4 is 5.32 Å². The lowest BCUT2D eigenvalue weighted by Gasteiger charge is -2.16. The third-order valence-electron chi connectivity index (χ3n) is 3.80. The fourth-order valence-corrected chi connectivity index (χ4v) is 2.55. The molecule has 0 aromatic heterocycles. The van der Waals surface area contributed by atoms with Gasteiger partial charge in [0.2, 0.25) is 5.91 Å². The average Bonchev–Trinajstić information content (AvgIpc) is 2.94. The standard InChI is InChI=1S/C15H16F4N2O2/c1-21(2)14(23)12-5-8(7-20-12)13(22)10-4-3-9(6-11(10)16)15(17,18)19/h3-4,6,8,12,20H,5,7H2,1-2H3. The Morgan fingerprint density at radius 1 is 1.26 bits per heavy atom. The zero-order chi connectivity index (χ0) is 17.4. The molecule has 1 aliphatic heterocycles. The molecule has 0 spiro atoms. The highest BCUT2D eigenvalue weighted by atomic mass is 19.4. The predicted octanol–water partition coefficient (Wildman–Crippen LogP) is 2.09. The molecule has 0 bridgehead atoms. The van der Waals surface area contributed by atoms with E-state index >= 15 is 0 Å². The number of alkyl halides is 3. The van der Waals surface area contributed by atoms with Crippen LogP contribution in [0.4, 0.5) is 17.6 Å². The minimum absolute atomic E-state index is 0.184. The molecule has 1 fully saturated rings. The summed E-state index contributed by atoms with van der Waals surface area (Å²) >= 11 is 0. The molecule has 4 nitrogen and oxygen atoms in total. The van der Waals surface area contributed by atoms with E-state index in [1.165, 1.54) is 4.90 Å². The van der Waals surface area contributed by atoms with Crippen LogP contribution in [0.3, 0.4) is 0 Å². The molecule has 0 radical (unpaired) electrons. The summed E-state index contributed by atoms with van der Waals surface area (Å²) in [6.07, 6.45) is -4.48. The van der Waals surface area contributed by atoms with Gasteiger partial charge in [-0.25, -0.2) is 4.39 Å². The predicted molar refractivity (Wildman–Crippen MR) is 74.3 cm³/mol. The summed E-state index contributed by atoms with van der Waals surface area (Å²) in [6, 6.07) is 1.30. The van der Waals surface area contributed by atoms with Crippen LogP contribution in [-0.2, 0) is 11.0 Å². The monoisotopic (exact) mass is 332 g/mol. The Bertz CT molecular complexity index is 628. The summed E-state index contributed by atoms with van der Waals surface area (Å²) in [4.78, 5) is 25.5. The second-order valence-electron chi connectivity index (χ2n) is 5.68. The van der Waals surface area contributed by atoms with Crippen LogP contribution in [0.15, 0.2) is 18.2 Å². The Morgan fingerprint density at radius 2 is 1.91 bits per heavy atom. The van der Waals surface area contributed by atoms with Crippen LogP contribution in [0, 0.1) is 11.7 Å². The summed E-state index contributed by atoms with van der Waals surface area (Å²) in [5.41, 5.74) is -1.53. The highest BCUT2D eigenvalue weighted by molar-refractivity contribution is 5.99. The van der Waals surface area contributed by atoms with E-state index in [9.17, 15) is 27.2 Å². The third-order valence-corrected chi connectivity index (χ3v) is 3.80. The van der Waals surface area contributed by atoms with Gasteiger partial charge in [-0.15, -0.1) is 0 Å². The largest absolute Gasteiger partial charge is 0.416 e. The van der Waals surface area contributed by atoms with Crippen molar-refractivity contribution in [3.8, 4) is 0 Å². The number of nitrogens with one attached hydrogen (secondary N) is 1. The van der Waals surface area contributed by atoms with E-state index in [2.05, 4.69) is 5.32 Å². The van der Waals surface area contributed by atoms with E-state index in [1.54, 1.807) is 14.1 Å². The summed E-state index contributed by atoms with van der Waals surface area (Å²) in [7, 11) is 3.16. The van der Waals surface area contributed by atoms with Crippen molar-refractivity contribution in [2.75, 3.05) is 20.6 Å². The van der Waals surface area contributed by atoms with E-state index in [0.29, 0.717) is 12.1 Å². The zero-order valence-corrected chi connectivity index (χ0v) is 12.6. The van der Waals surface area contributed by atoms with Gasteiger partial charge in [0, 0.05) is 26.6 Å². The van der Waals surface area contributed by atoms with E-state index in [4.69, 9.17) is 0 Å². The molecule has 1 saturated heterocycles. The van der Waals surface area contributed by atoms with Gasteiger partial charge in [-0.3, -0.25) is 9.59 Å². The van der Waals surface area contributed by atoms with Crippen molar-refractivity contribution in [3.05, 3.63) is 35.1 Å². The highest BCUT2D eigenvalue weighted by Gasteiger charge is 2.36. The van der Waals surface area contributed by atoms with E-state index in [-0.39, 0.29) is 24.4 Å². The second kappa shape index (κ2) is 6.27. The molecule has 1 aromatic rings. The van der Waals surface area contributed by atoms with Gasteiger partial charge in [-0.05, 0) is 24.6 Å². The van der Waals surface area contributed by atoms with Gasteiger partial charge < -0.3 is 10.2 Å². The maximum Gasteiger partial charge on any atom is 0.416 e. The summed E-state index contributed by atoms with van der Waals surface area (Å²) in [6.45, 7) is 0.184. The summed E-state index contributed by atoms with van der Waals surface area (Å²) < 4.78 is 51.4. The highest BCUT2D eigenvalue weighted by Crippen LogP contribution is 2.31. The van der Waals surface area contributed by atoms with Crippen LogP contribution in [0.5, 0.6) is 0 Å². The number of carbonyl (C=O) groups excluding carboxylic acids is 2. The number of hydrogen-bond acceptors (Lipinski definition) is 3. The van der Waals surface area contributed by atoms with Gasteiger partial charge in [0.05, 0.1) is 17.2 Å². The van der Waals surface area contributed by atoms with Gasteiger partial charge in [0.25, 0.3) is 0 Å². The van der Waals surface area contributed by atoms with Crippen LogP contribution in [-0.4, -0.2) is 43.3 Å². The number of hydrogen-bond donors (Lipinski definition) is 1. The first kappa shape index (κ1) is 17.4. The summed E-state index contributed by atoms with van der Waals surface area (Å²) in [5.74, 6) is -2.65. The second-order valence-corrected chi connectivity index (χ2v) is 5.68. The van der Waals surface area contributed by atoms with E-state index < -0.39 is 35.3 Å². The number of ketones is 1. The van der Waals surface area contributed by atoms with Gasteiger partial charge in [0.15, 0.2) is 5.78 Å². The molecule has 126 valence electrons. The van der Waals surface area contributed by atoms with Gasteiger partial charge >= 0.3 is 6.18 Å². The summed E-state index contributed by atoms with van der Waals surface area (Å²) in [5, 5.41) is 2.88. The van der Waals surface area contributed by atoms with Crippen LogP contribution in [0.1, 0.15) is 22.3 Å². The number of Topliss-reactive ketones (excluding diaryl/α,β-unsaturated/α-hetero) is 1. The molecule has 1 aliphatic rings. The quantitative estimate of drug-likeness (QED) is 0.681. The lowest BCUT2D eigenvalue weighted by Crippen LogP contribution is -2.39. The van der Waals surface area contributed by atoms with Crippen LogP contribution in [0.2, 0.25) is 0 Å². The maximum absolute atomic E-state index is 13.9. The van der Waals surface area contributed by atoms with Gasteiger partial charge in [-0.1, -0.05) is 0 Å². The van der Waals surface area contributed by atoms with Crippen molar-refractivity contribution < 1.29 is 27.2 Å². The molecule has 0 saturated carbocycles. The Kier molecular flexibility index (Phi) is 4.74. The lowest BCUT2D eigenvalue weighted by molar-refractivity contribution is -0.137. The van der Waals surface area contributed by atoms with Crippen molar-refractivity contribution in [2.24, 2.45) is 5.92 Å². The average molecular weight is 332 g/mol. The number of benzene rings is 1. The van der Waals surface area contributed by atoms with Crippen molar-refractivity contribution in [1.29, 1.82) is 0 Å². The molecule has 23 heavy (non-hydrogen) atoms. The van der Waals surface area contributed by atoms with Crippen molar-refractivity contribution in [1.82, 2.24) is 10.2 Å². The number of amides is 1. The molecule has 1 heterocycles. The molecule has 8 heteroatoms. The van der Waals surface area contributed by atoms with Gasteiger partial charge in [0.1, 0.15) is 5.82 Å². The molecular formula is C15H16F4N2O2. The number of nitrogens with zero attached hydrogens (tertiary/aromatic N) is 1. The van der Waals surface area contributed by atoms with E-state index in [0.717, 1.165) is 6.07 Å². The maximum atomic E-state index is 13.9. The Balaban J connectivity index is 2.14. The van der Waals surface area contributed by atoms with Crippen molar-refractivity contribution >= 4 is 11.7 Å². The number of carbonyl (C=O) groups is 2. The van der Waals surface area contributed by atoms with Crippen molar-refractivity contribution in [3.63, 3.8) is 0 Å². The Morgan fingerprint density at radius 3 is 2.43 bits per heavy atom. The first-order valence-electron chi connectivity index (χ1n) is 6.96. The number of likely N-dealkylation sites (N-methyl/N-ethyl adjacent to an activating group) is 1. The molecular weight excluding hydrogens is 316 g/mol. The molecule has 0 aliphatic carbocycles. The van der Waals surface area contributed by atoms with E-state index in [1.807, 2.05) is 0 Å². The molecule has 2 unspecified atom stereocenters. The fourth-order valence-electron chi connectivity index (χ4n) is 2.55. The SMILES string of the molecule is CN(C)C(=O)C1CC(C(=O)c2ccc(C(F)(F)F)cc2F)CN1. The van der Waals surface area contributed by atoms with Gasteiger partial charge in [-0.2, -0.15) is 13.2 Å². The Hall–Kier alpha value is -1.96. The number of halogens is 4.